The summed E-state index contributed by atoms with van der Waals surface area (Å²) in [5.74, 6) is -0.556. The minimum absolute atomic E-state index is 0.0208. The van der Waals surface area contributed by atoms with Gasteiger partial charge in [-0.2, -0.15) is 8.42 Å². The summed E-state index contributed by atoms with van der Waals surface area (Å²) in [6.45, 7) is 1.91. The number of amidine groups is 1. The summed E-state index contributed by atoms with van der Waals surface area (Å²) >= 11 is 1.22. The number of halogens is 1. The highest BCUT2D eigenvalue weighted by Gasteiger charge is 2.42. The maximum Gasteiger partial charge on any atom is 0.284 e. The number of carbonyl (C=O) groups is 1. The van der Waals surface area contributed by atoms with E-state index in [1.807, 2.05) is 6.92 Å². The number of nitrogens with zero attached hydrogens (tertiary/aromatic N) is 2. The summed E-state index contributed by atoms with van der Waals surface area (Å²) < 4.78 is 42.1. The summed E-state index contributed by atoms with van der Waals surface area (Å²) in [4.78, 5) is 14.2. The van der Waals surface area contributed by atoms with E-state index in [0.29, 0.717) is 6.42 Å². The van der Waals surface area contributed by atoms with Crippen molar-refractivity contribution in [3.63, 3.8) is 0 Å². The average Bonchev–Trinajstić information content (AvgIpc) is 2.90. The van der Waals surface area contributed by atoms with Gasteiger partial charge in [0.1, 0.15) is 5.82 Å². The number of carbonyl (C=O) groups excluding carboxylic acids is 1. The lowest BCUT2D eigenvalue weighted by Crippen LogP contribution is -2.42. The number of benzene rings is 1. The molecule has 25 heavy (non-hydrogen) atoms. The molecule has 2 aliphatic rings. The molecule has 1 aliphatic carbocycles. The van der Waals surface area contributed by atoms with E-state index in [0.717, 1.165) is 44.2 Å². The molecule has 1 unspecified atom stereocenters. The Bertz CT molecular complexity index is 772. The fraction of sp³-hybridized carbons (Fsp3) is 0.529. The second-order valence-electron chi connectivity index (χ2n) is 6.32. The highest BCUT2D eigenvalue weighted by atomic mass is 32.2. The van der Waals surface area contributed by atoms with Crippen molar-refractivity contribution in [3.05, 3.63) is 30.1 Å². The number of hydrogen-bond donors (Lipinski definition) is 0. The van der Waals surface area contributed by atoms with Crippen molar-refractivity contribution in [2.45, 2.75) is 61.6 Å². The molecule has 0 radical (unpaired) electrons. The maximum absolute atomic E-state index is 13.0. The predicted octanol–water partition coefficient (Wildman–Crippen LogP) is 3.56. The predicted molar refractivity (Wildman–Crippen MR) is 96.4 cm³/mol. The second-order valence-corrected chi connectivity index (χ2v) is 9.09. The molecule has 1 amide bonds. The number of amides is 1. The summed E-state index contributed by atoms with van der Waals surface area (Å²) in [5.41, 5.74) is 0. The van der Waals surface area contributed by atoms with Gasteiger partial charge < -0.3 is 0 Å². The summed E-state index contributed by atoms with van der Waals surface area (Å²) in [7, 11) is -3.98. The molecule has 1 saturated carbocycles. The Hall–Kier alpha value is -1.41. The fourth-order valence-electron chi connectivity index (χ4n) is 3.24. The lowest BCUT2D eigenvalue weighted by molar-refractivity contribution is -0.128. The Balaban J connectivity index is 1.95. The number of rotatable bonds is 4. The molecule has 1 aliphatic heterocycles. The molecule has 0 N–H and O–H groups in total. The molecular formula is C17H21FN2O3S2. The Kier molecular flexibility index (Phi) is 5.48. The zero-order valence-corrected chi connectivity index (χ0v) is 15.7. The van der Waals surface area contributed by atoms with Gasteiger partial charge in [-0.1, -0.05) is 37.9 Å². The lowest BCUT2D eigenvalue weighted by Gasteiger charge is -2.30. The van der Waals surface area contributed by atoms with E-state index in [-0.39, 0.29) is 27.3 Å². The molecule has 0 aromatic heterocycles. The highest BCUT2D eigenvalue weighted by molar-refractivity contribution is 8.16. The summed E-state index contributed by atoms with van der Waals surface area (Å²) in [6.07, 6.45) is 5.59. The quantitative estimate of drug-likeness (QED) is 0.796. The Labute approximate surface area is 151 Å². The van der Waals surface area contributed by atoms with Crippen molar-refractivity contribution in [1.82, 2.24) is 4.90 Å². The second kappa shape index (κ2) is 7.45. The first-order valence-electron chi connectivity index (χ1n) is 8.52. The first-order chi connectivity index (χ1) is 11.9. The van der Waals surface area contributed by atoms with Gasteiger partial charge in [0.25, 0.3) is 10.0 Å². The summed E-state index contributed by atoms with van der Waals surface area (Å²) in [5, 5.41) is -0.0304. The molecular weight excluding hydrogens is 363 g/mol. The molecule has 0 bridgehead atoms. The molecule has 1 atom stereocenters. The van der Waals surface area contributed by atoms with E-state index in [1.165, 1.54) is 23.9 Å². The fourth-order valence-corrected chi connectivity index (χ4v) is 5.58. The van der Waals surface area contributed by atoms with Crippen LogP contribution in [0, 0.1) is 5.82 Å². The van der Waals surface area contributed by atoms with Crippen LogP contribution >= 0.6 is 11.8 Å². The standard InChI is InChI=1S/C17H21FN2O3S2/c1-2-15-16(21)20(13-6-4-3-5-7-13)17(24-15)19-25(22,23)14-10-8-12(18)9-11-14/h8-11,13,15H,2-7H2,1H3/b19-17+. The van der Waals surface area contributed by atoms with Crippen molar-refractivity contribution < 1.29 is 17.6 Å². The molecule has 136 valence electrons. The number of sulfonamides is 1. The van der Waals surface area contributed by atoms with Gasteiger partial charge >= 0.3 is 0 Å². The topological polar surface area (TPSA) is 66.8 Å². The lowest BCUT2D eigenvalue weighted by atomic mass is 9.94. The van der Waals surface area contributed by atoms with Gasteiger partial charge in [-0.3, -0.25) is 9.69 Å². The molecule has 2 fully saturated rings. The zero-order valence-electron chi connectivity index (χ0n) is 14.0. The third-order valence-corrected chi connectivity index (χ3v) is 7.30. The molecule has 1 heterocycles. The Morgan fingerprint density at radius 1 is 1.20 bits per heavy atom. The third-order valence-electron chi connectivity index (χ3n) is 4.59. The van der Waals surface area contributed by atoms with Gasteiger partial charge in [0, 0.05) is 6.04 Å². The van der Waals surface area contributed by atoms with Crippen LogP contribution < -0.4 is 0 Å². The van der Waals surface area contributed by atoms with Crippen LogP contribution in [0.5, 0.6) is 0 Å². The van der Waals surface area contributed by atoms with E-state index in [1.54, 1.807) is 4.90 Å². The van der Waals surface area contributed by atoms with Gasteiger partial charge in [0.15, 0.2) is 5.17 Å². The minimum Gasteiger partial charge on any atom is -0.287 e. The summed E-state index contributed by atoms with van der Waals surface area (Å²) in [6, 6.07) is 4.59. The van der Waals surface area contributed by atoms with Crippen LogP contribution in [0.2, 0.25) is 0 Å². The maximum atomic E-state index is 13.0. The van der Waals surface area contributed by atoms with Crippen molar-refractivity contribution in [1.29, 1.82) is 0 Å². The van der Waals surface area contributed by atoms with E-state index in [4.69, 9.17) is 0 Å². The molecule has 3 rings (SSSR count). The number of hydrogen-bond acceptors (Lipinski definition) is 4. The van der Waals surface area contributed by atoms with Crippen LogP contribution in [0.15, 0.2) is 33.6 Å². The highest BCUT2D eigenvalue weighted by Crippen LogP contribution is 2.36. The molecule has 1 aromatic carbocycles. The minimum atomic E-state index is -3.98. The van der Waals surface area contributed by atoms with Crippen LogP contribution in [0.25, 0.3) is 0 Å². The Morgan fingerprint density at radius 3 is 2.44 bits per heavy atom. The monoisotopic (exact) mass is 384 g/mol. The smallest absolute Gasteiger partial charge is 0.284 e. The normalized spacial score (nSPS) is 24.2. The van der Waals surface area contributed by atoms with Gasteiger partial charge in [0.2, 0.25) is 5.91 Å². The van der Waals surface area contributed by atoms with Crippen molar-refractivity contribution in [2.24, 2.45) is 4.40 Å². The van der Waals surface area contributed by atoms with E-state index in [9.17, 15) is 17.6 Å². The molecule has 1 saturated heterocycles. The van der Waals surface area contributed by atoms with Crippen molar-refractivity contribution in [2.75, 3.05) is 0 Å². The van der Waals surface area contributed by atoms with Gasteiger partial charge in [-0.25, -0.2) is 4.39 Å². The van der Waals surface area contributed by atoms with E-state index >= 15 is 0 Å². The van der Waals surface area contributed by atoms with E-state index < -0.39 is 15.8 Å². The van der Waals surface area contributed by atoms with Crippen LogP contribution in [0.4, 0.5) is 4.39 Å². The van der Waals surface area contributed by atoms with Crippen LogP contribution in [-0.2, 0) is 14.8 Å². The van der Waals surface area contributed by atoms with Crippen LogP contribution in [0.3, 0.4) is 0 Å². The molecule has 8 heteroatoms. The SMILES string of the molecule is CCC1S/C(=N/S(=O)(=O)c2ccc(F)cc2)N(C2CCCCC2)C1=O. The molecule has 5 nitrogen and oxygen atoms in total. The van der Waals surface area contributed by atoms with Crippen molar-refractivity contribution in [3.8, 4) is 0 Å². The van der Waals surface area contributed by atoms with Crippen LogP contribution in [0.1, 0.15) is 45.4 Å². The van der Waals surface area contributed by atoms with Gasteiger partial charge in [-0.15, -0.1) is 4.40 Å². The largest absolute Gasteiger partial charge is 0.287 e. The molecule has 1 aromatic rings. The van der Waals surface area contributed by atoms with E-state index in [2.05, 4.69) is 4.40 Å². The first-order valence-corrected chi connectivity index (χ1v) is 10.8. The zero-order chi connectivity index (χ0) is 18.0. The van der Waals surface area contributed by atoms with Gasteiger partial charge in [0.05, 0.1) is 10.1 Å². The van der Waals surface area contributed by atoms with Crippen LogP contribution in [-0.4, -0.2) is 35.7 Å². The number of thioether (sulfide) groups is 1. The molecule has 0 spiro atoms. The first kappa shape index (κ1) is 18.4. The third kappa shape index (κ3) is 3.89. The average molecular weight is 384 g/mol. The Morgan fingerprint density at radius 2 is 1.84 bits per heavy atom. The van der Waals surface area contributed by atoms with Crippen molar-refractivity contribution >= 4 is 32.9 Å². The van der Waals surface area contributed by atoms with Gasteiger partial charge in [-0.05, 0) is 43.5 Å².